The first-order valence-corrected chi connectivity index (χ1v) is 5.00. The minimum atomic E-state index is -0.672. The highest BCUT2D eigenvalue weighted by molar-refractivity contribution is 6.15. The molecule has 2 N–H and O–H groups in total. The molecule has 90 valence electrons. The van der Waals surface area contributed by atoms with Gasteiger partial charge in [-0.1, -0.05) is 6.07 Å². The monoisotopic (exact) mass is 243 g/mol. The van der Waals surface area contributed by atoms with Crippen LogP contribution in [0.15, 0.2) is 36.8 Å². The highest BCUT2D eigenvalue weighted by Crippen LogP contribution is 2.13. The summed E-state index contributed by atoms with van der Waals surface area (Å²) < 4.78 is 0. The molecule has 0 aromatic carbocycles. The number of nitrogens with two attached hydrogens (primary N) is 1. The zero-order chi connectivity index (χ0) is 13.0. The van der Waals surface area contributed by atoms with Crippen molar-refractivity contribution in [2.45, 2.75) is 0 Å². The Morgan fingerprint density at radius 2 is 1.94 bits per heavy atom. The molecule has 2 aromatic heterocycles. The number of nitrogen functional groups attached to an aromatic ring is 1. The lowest BCUT2D eigenvalue weighted by Gasteiger charge is -2.13. The van der Waals surface area contributed by atoms with E-state index in [1.165, 1.54) is 24.7 Å². The Labute approximate surface area is 102 Å². The third-order valence-electron chi connectivity index (χ3n) is 2.15. The quantitative estimate of drug-likeness (QED) is 0.775. The average Bonchev–Trinajstić information content (AvgIpc) is 2.41. The summed E-state index contributed by atoms with van der Waals surface area (Å²) in [7, 11) is 0. The molecule has 2 heterocycles. The first-order valence-electron chi connectivity index (χ1n) is 5.00. The Morgan fingerprint density at radius 1 is 1.17 bits per heavy atom. The van der Waals surface area contributed by atoms with Crippen LogP contribution in [0.2, 0.25) is 0 Å². The van der Waals surface area contributed by atoms with Gasteiger partial charge in [0.1, 0.15) is 5.82 Å². The molecule has 2 aromatic rings. The Balaban J connectivity index is 2.38. The lowest BCUT2D eigenvalue weighted by molar-refractivity contribution is -0.107. The number of carbonyl (C=O) groups is 2. The third-order valence-corrected chi connectivity index (χ3v) is 2.15. The second-order valence-corrected chi connectivity index (χ2v) is 3.26. The minimum absolute atomic E-state index is 0.0368. The van der Waals surface area contributed by atoms with Crippen LogP contribution in [0.25, 0.3) is 0 Å². The molecule has 18 heavy (non-hydrogen) atoms. The van der Waals surface area contributed by atoms with E-state index in [9.17, 15) is 9.59 Å². The van der Waals surface area contributed by atoms with E-state index >= 15 is 0 Å². The average molecular weight is 243 g/mol. The lowest BCUT2D eigenvalue weighted by atomic mass is 10.3. The van der Waals surface area contributed by atoms with E-state index in [0.717, 1.165) is 4.90 Å². The fourth-order valence-corrected chi connectivity index (χ4v) is 1.33. The molecule has 2 rings (SSSR count). The topological polar surface area (TPSA) is 102 Å². The van der Waals surface area contributed by atoms with Gasteiger partial charge >= 0.3 is 0 Å². The van der Waals surface area contributed by atoms with Crippen molar-refractivity contribution in [1.29, 1.82) is 0 Å². The van der Waals surface area contributed by atoms with E-state index in [-0.39, 0.29) is 17.3 Å². The maximum atomic E-state index is 12.1. The van der Waals surface area contributed by atoms with E-state index in [1.807, 2.05) is 0 Å². The molecule has 0 aliphatic heterocycles. The van der Waals surface area contributed by atoms with Gasteiger partial charge in [0.25, 0.3) is 5.91 Å². The zero-order valence-corrected chi connectivity index (χ0v) is 9.22. The van der Waals surface area contributed by atoms with E-state index < -0.39 is 5.91 Å². The Morgan fingerprint density at radius 3 is 2.56 bits per heavy atom. The molecule has 0 saturated carbocycles. The maximum Gasteiger partial charge on any atom is 0.288 e. The number of hydrogen-bond acceptors (Lipinski definition) is 6. The maximum absolute atomic E-state index is 12.1. The number of hydrogen-bond donors (Lipinski definition) is 1. The van der Waals surface area contributed by atoms with Gasteiger partial charge in [-0.2, -0.15) is 0 Å². The SMILES string of the molecule is Nc1nccnc1C(=O)N(C=O)c1ccccn1. The van der Waals surface area contributed by atoms with Crippen LogP contribution in [0.5, 0.6) is 0 Å². The van der Waals surface area contributed by atoms with Gasteiger partial charge in [-0.05, 0) is 12.1 Å². The van der Waals surface area contributed by atoms with Crippen LogP contribution in [-0.4, -0.2) is 27.3 Å². The summed E-state index contributed by atoms with van der Waals surface area (Å²) in [5, 5.41) is 0. The molecule has 7 heteroatoms. The first kappa shape index (κ1) is 11.6. The number of amides is 2. The predicted octanol–water partition coefficient (Wildman–Crippen LogP) is 0.257. The molecule has 0 aliphatic rings. The van der Waals surface area contributed by atoms with Crippen LogP contribution in [0, 0.1) is 0 Å². The van der Waals surface area contributed by atoms with Crippen molar-refractivity contribution in [2.75, 3.05) is 10.6 Å². The number of aromatic nitrogens is 3. The molecular weight excluding hydrogens is 234 g/mol. The molecule has 0 radical (unpaired) electrons. The highest BCUT2D eigenvalue weighted by atomic mass is 16.2. The molecular formula is C11H9N5O2. The van der Waals surface area contributed by atoms with Gasteiger partial charge in [0, 0.05) is 18.6 Å². The van der Waals surface area contributed by atoms with E-state index in [1.54, 1.807) is 12.1 Å². The highest BCUT2D eigenvalue weighted by Gasteiger charge is 2.21. The van der Waals surface area contributed by atoms with E-state index in [4.69, 9.17) is 5.73 Å². The normalized spacial score (nSPS) is 9.78. The predicted molar refractivity (Wildman–Crippen MR) is 63.6 cm³/mol. The summed E-state index contributed by atoms with van der Waals surface area (Å²) in [5.74, 6) is -0.512. The molecule has 0 spiro atoms. The number of imide groups is 1. The van der Waals surface area contributed by atoms with Crippen molar-refractivity contribution < 1.29 is 9.59 Å². The summed E-state index contributed by atoms with van der Waals surface area (Å²) in [5.41, 5.74) is 5.45. The third kappa shape index (κ3) is 2.14. The smallest absolute Gasteiger partial charge is 0.288 e. The van der Waals surface area contributed by atoms with E-state index in [2.05, 4.69) is 15.0 Å². The second kappa shape index (κ2) is 5.00. The van der Waals surface area contributed by atoms with Gasteiger partial charge in [-0.15, -0.1) is 0 Å². The fraction of sp³-hybridized carbons (Fsp3) is 0. The largest absolute Gasteiger partial charge is 0.382 e. The number of carbonyl (C=O) groups excluding carboxylic acids is 2. The standard InChI is InChI=1S/C11H9N5O2/c12-10-9(14-5-6-15-10)11(18)16(7-17)8-3-1-2-4-13-8/h1-7H,(H2,12,15). The summed E-state index contributed by atoms with van der Waals surface area (Å²) in [6.07, 6.45) is 4.51. The number of nitrogens with zero attached hydrogens (tertiary/aromatic N) is 4. The van der Waals surface area contributed by atoms with Crippen molar-refractivity contribution >= 4 is 24.0 Å². The summed E-state index contributed by atoms with van der Waals surface area (Å²) >= 11 is 0. The number of anilines is 2. The molecule has 0 unspecified atom stereocenters. The van der Waals surface area contributed by atoms with Crippen LogP contribution in [0.1, 0.15) is 10.5 Å². The van der Waals surface area contributed by atoms with Gasteiger partial charge in [0.15, 0.2) is 11.5 Å². The first-order chi connectivity index (χ1) is 8.74. The van der Waals surface area contributed by atoms with Crippen molar-refractivity contribution in [3.8, 4) is 0 Å². The molecule has 0 atom stereocenters. The molecule has 7 nitrogen and oxygen atoms in total. The van der Waals surface area contributed by atoms with Gasteiger partial charge in [-0.25, -0.2) is 19.9 Å². The second-order valence-electron chi connectivity index (χ2n) is 3.26. The minimum Gasteiger partial charge on any atom is -0.382 e. The number of pyridine rings is 1. The molecule has 0 saturated heterocycles. The summed E-state index contributed by atoms with van der Waals surface area (Å²) in [4.78, 5) is 35.4. The summed E-state index contributed by atoms with van der Waals surface area (Å²) in [6, 6.07) is 4.86. The van der Waals surface area contributed by atoms with Crippen molar-refractivity contribution in [3.63, 3.8) is 0 Å². The molecule has 2 amide bonds. The molecule has 0 fully saturated rings. The lowest BCUT2D eigenvalue weighted by Crippen LogP contribution is -2.31. The van der Waals surface area contributed by atoms with Crippen LogP contribution in [-0.2, 0) is 4.79 Å². The number of rotatable bonds is 3. The van der Waals surface area contributed by atoms with Crippen LogP contribution in [0.4, 0.5) is 11.6 Å². The van der Waals surface area contributed by atoms with Gasteiger partial charge < -0.3 is 5.73 Å². The van der Waals surface area contributed by atoms with Crippen LogP contribution >= 0.6 is 0 Å². The van der Waals surface area contributed by atoms with E-state index in [0.29, 0.717) is 6.41 Å². The van der Waals surface area contributed by atoms with Gasteiger partial charge in [0.05, 0.1) is 0 Å². The fourth-order valence-electron chi connectivity index (χ4n) is 1.33. The molecule has 0 aliphatic carbocycles. The van der Waals surface area contributed by atoms with Crippen LogP contribution < -0.4 is 10.6 Å². The molecule has 0 bridgehead atoms. The van der Waals surface area contributed by atoms with Crippen molar-refractivity contribution in [3.05, 3.63) is 42.5 Å². The van der Waals surface area contributed by atoms with Crippen LogP contribution in [0.3, 0.4) is 0 Å². The zero-order valence-electron chi connectivity index (χ0n) is 9.22. The van der Waals surface area contributed by atoms with Gasteiger partial charge in [0.2, 0.25) is 6.41 Å². The Hall–Kier alpha value is -2.83. The summed E-state index contributed by atoms with van der Waals surface area (Å²) in [6.45, 7) is 0. The Kier molecular flexibility index (Phi) is 3.24. The van der Waals surface area contributed by atoms with Gasteiger partial charge in [-0.3, -0.25) is 9.59 Å². The Bertz CT molecular complexity index is 573. The van der Waals surface area contributed by atoms with Crippen molar-refractivity contribution in [2.24, 2.45) is 0 Å². The van der Waals surface area contributed by atoms with Crippen molar-refractivity contribution in [1.82, 2.24) is 15.0 Å².